The van der Waals surface area contributed by atoms with Gasteiger partial charge in [-0.3, -0.25) is 4.79 Å². The minimum atomic E-state index is -4.02. The van der Waals surface area contributed by atoms with Crippen LogP contribution in [0.5, 0.6) is 11.5 Å². The fourth-order valence-corrected chi connectivity index (χ4v) is 4.93. The third kappa shape index (κ3) is 3.73. The number of piperazine rings is 1. The van der Waals surface area contributed by atoms with Gasteiger partial charge < -0.3 is 14.8 Å². The topological polar surface area (TPSA) is 84.9 Å². The highest BCUT2D eigenvalue weighted by atomic mass is 35.5. The lowest BCUT2D eigenvalue weighted by molar-refractivity contribution is -0.126. The Morgan fingerprint density at radius 3 is 2.59 bits per heavy atom. The van der Waals surface area contributed by atoms with Crippen LogP contribution in [0.2, 0.25) is 5.02 Å². The highest BCUT2D eigenvalue weighted by molar-refractivity contribution is 7.89. The molecule has 1 unspecified atom stereocenters. The molecule has 0 saturated carbocycles. The Hall–Kier alpha value is -2.29. The van der Waals surface area contributed by atoms with Crippen LogP contribution in [0.3, 0.4) is 0 Å². The van der Waals surface area contributed by atoms with E-state index in [1.165, 1.54) is 36.7 Å². The van der Waals surface area contributed by atoms with Gasteiger partial charge in [-0.2, -0.15) is 4.31 Å². The number of methoxy groups -OCH3 is 2. The van der Waals surface area contributed by atoms with Gasteiger partial charge in [0.2, 0.25) is 15.9 Å². The smallest absolute Gasteiger partial charge is 0.247 e. The van der Waals surface area contributed by atoms with Crippen molar-refractivity contribution >= 4 is 27.5 Å². The Labute approximate surface area is 162 Å². The van der Waals surface area contributed by atoms with Crippen molar-refractivity contribution in [1.82, 2.24) is 9.62 Å². The predicted octanol–water partition coefficient (Wildman–Crippen LogP) is 2.22. The molecule has 0 spiro atoms. The van der Waals surface area contributed by atoms with Gasteiger partial charge >= 0.3 is 0 Å². The fourth-order valence-electron chi connectivity index (χ4n) is 3.01. The number of carbonyl (C=O) groups excluding carboxylic acids is 1. The predicted molar refractivity (Wildman–Crippen MR) is 101 cm³/mol. The summed E-state index contributed by atoms with van der Waals surface area (Å²) in [6.07, 6.45) is 0. The molecule has 2 aromatic rings. The lowest BCUT2D eigenvalue weighted by Crippen LogP contribution is -2.52. The van der Waals surface area contributed by atoms with Crippen LogP contribution in [0.15, 0.2) is 47.4 Å². The maximum absolute atomic E-state index is 13.4. The molecule has 0 bridgehead atoms. The number of nitrogens with one attached hydrogen (secondary N) is 1. The molecule has 3 rings (SSSR count). The number of carbonyl (C=O) groups is 1. The van der Waals surface area contributed by atoms with E-state index in [2.05, 4.69) is 5.32 Å². The number of hydrogen-bond acceptors (Lipinski definition) is 5. The molecule has 1 fully saturated rings. The number of ether oxygens (including phenoxy) is 2. The van der Waals surface area contributed by atoms with E-state index < -0.39 is 22.0 Å². The molecule has 1 atom stereocenters. The summed E-state index contributed by atoms with van der Waals surface area (Å²) >= 11 is 6.04. The first-order valence-corrected chi connectivity index (χ1v) is 9.97. The summed E-state index contributed by atoms with van der Waals surface area (Å²) in [6, 6.07) is 10.0. The van der Waals surface area contributed by atoms with Crippen LogP contribution >= 0.6 is 11.6 Å². The maximum atomic E-state index is 13.4. The highest BCUT2D eigenvalue weighted by Gasteiger charge is 2.40. The summed E-state index contributed by atoms with van der Waals surface area (Å²) in [4.78, 5) is 12.5. The summed E-state index contributed by atoms with van der Waals surface area (Å²) in [7, 11) is -1.16. The van der Waals surface area contributed by atoms with Crippen molar-refractivity contribution < 1.29 is 22.7 Å². The molecular formula is C18H19ClN2O5S. The van der Waals surface area contributed by atoms with Crippen molar-refractivity contribution in [2.45, 2.75) is 10.9 Å². The maximum Gasteiger partial charge on any atom is 0.247 e. The average molecular weight is 411 g/mol. The normalized spacial score (nSPS) is 18.0. The van der Waals surface area contributed by atoms with Crippen LogP contribution in [-0.4, -0.2) is 45.9 Å². The molecule has 1 saturated heterocycles. The van der Waals surface area contributed by atoms with Crippen LogP contribution in [0.1, 0.15) is 11.6 Å². The number of nitrogens with zero attached hydrogens (tertiary/aromatic N) is 1. The molecule has 0 radical (unpaired) electrons. The summed E-state index contributed by atoms with van der Waals surface area (Å²) in [6.45, 7) is 0.341. The Balaban J connectivity index is 2.10. The SMILES string of the molecule is COc1ccc(S(=O)(=O)N2CCNC(=O)C2c2cccc(Cl)c2)c(OC)c1. The first-order chi connectivity index (χ1) is 12.9. The molecule has 1 aliphatic heterocycles. The van der Waals surface area contributed by atoms with Gasteiger partial charge in [-0.05, 0) is 29.8 Å². The fraction of sp³-hybridized carbons (Fsp3) is 0.278. The second-order valence-electron chi connectivity index (χ2n) is 5.88. The molecule has 1 heterocycles. The van der Waals surface area contributed by atoms with E-state index in [1.54, 1.807) is 24.3 Å². The van der Waals surface area contributed by atoms with Crippen LogP contribution in [0.4, 0.5) is 0 Å². The van der Waals surface area contributed by atoms with Crippen molar-refractivity contribution in [3.05, 3.63) is 53.1 Å². The molecule has 1 aliphatic rings. The third-order valence-electron chi connectivity index (χ3n) is 4.29. The summed E-state index contributed by atoms with van der Waals surface area (Å²) < 4.78 is 38.3. The molecule has 2 aromatic carbocycles. The van der Waals surface area contributed by atoms with E-state index >= 15 is 0 Å². The molecule has 1 N–H and O–H groups in total. The van der Waals surface area contributed by atoms with Crippen LogP contribution in [-0.2, 0) is 14.8 Å². The quantitative estimate of drug-likeness (QED) is 0.816. The Morgan fingerprint density at radius 2 is 1.93 bits per heavy atom. The molecule has 1 amide bonds. The van der Waals surface area contributed by atoms with Crippen LogP contribution in [0.25, 0.3) is 0 Å². The van der Waals surface area contributed by atoms with Gasteiger partial charge in [0.25, 0.3) is 0 Å². The lowest BCUT2D eigenvalue weighted by atomic mass is 10.0. The molecule has 0 aromatic heterocycles. The van der Waals surface area contributed by atoms with E-state index in [9.17, 15) is 13.2 Å². The van der Waals surface area contributed by atoms with Gasteiger partial charge in [-0.15, -0.1) is 0 Å². The van der Waals surface area contributed by atoms with Crippen molar-refractivity contribution in [3.63, 3.8) is 0 Å². The summed E-state index contributed by atoms with van der Waals surface area (Å²) in [5.74, 6) is 0.207. The second kappa shape index (κ2) is 7.75. The standard InChI is InChI=1S/C18H19ClN2O5S/c1-25-14-6-7-16(15(11-14)26-2)27(23,24)21-9-8-20-18(22)17(21)12-4-3-5-13(19)10-12/h3-7,10-11,17H,8-9H2,1-2H3,(H,20,22). The lowest BCUT2D eigenvalue weighted by Gasteiger charge is -2.34. The number of sulfonamides is 1. The zero-order valence-electron chi connectivity index (χ0n) is 14.8. The van der Waals surface area contributed by atoms with Crippen molar-refractivity contribution in [1.29, 1.82) is 0 Å². The number of hydrogen-bond donors (Lipinski definition) is 1. The number of benzene rings is 2. The van der Waals surface area contributed by atoms with Gasteiger partial charge in [0.15, 0.2) is 0 Å². The van der Waals surface area contributed by atoms with E-state index in [1.807, 2.05) is 0 Å². The van der Waals surface area contributed by atoms with E-state index in [0.29, 0.717) is 16.3 Å². The highest BCUT2D eigenvalue weighted by Crippen LogP contribution is 2.35. The minimum Gasteiger partial charge on any atom is -0.497 e. The van der Waals surface area contributed by atoms with Gasteiger partial charge in [0.05, 0.1) is 14.2 Å². The molecule has 9 heteroatoms. The molecule has 144 valence electrons. The Bertz CT molecular complexity index is 964. The summed E-state index contributed by atoms with van der Waals surface area (Å²) in [5.41, 5.74) is 0.496. The van der Waals surface area contributed by atoms with Crippen molar-refractivity contribution in [2.24, 2.45) is 0 Å². The van der Waals surface area contributed by atoms with Crippen LogP contribution < -0.4 is 14.8 Å². The zero-order valence-corrected chi connectivity index (χ0v) is 16.4. The number of rotatable bonds is 5. The monoisotopic (exact) mass is 410 g/mol. The van der Waals surface area contributed by atoms with Crippen molar-refractivity contribution in [3.8, 4) is 11.5 Å². The van der Waals surface area contributed by atoms with E-state index in [4.69, 9.17) is 21.1 Å². The zero-order chi connectivity index (χ0) is 19.6. The van der Waals surface area contributed by atoms with E-state index in [-0.39, 0.29) is 23.7 Å². The van der Waals surface area contributed by atoms with Crippen molar-refractivity contribution in [2.75, 3.05) is 27.3 Å². The average Bonchev–Trinajstić information content (AvgIpc) is 2.67. The van der Waals surface area contributed by atoms with E-state index in [0.717, 1.165) is 0 Å². The molecule has 27 heavy (non-hydrogen) atoms. The van der Waals surface area contributed by atoms with Crippen LogP contribution in [0, 0.1) is 0 Å². The third-order valence-corrected chi connectivity index (χ3v) is 6.43. The Kier molecular flexibility index (Phi) is 5.59. The summed E-state index contributed by atoms with van der Waals surface area (Å²) in [5, 5.41) is 3.13. The first-order valence-electron chi connectivity index (χ1n) is 8.15. The van der Waals surface area contributed by atoms with Gasteiger partial charge in [0.1, 0.15) is 22.4 Å². The number of amides is 1. The molecule has 7 nitrogen and oxygen atoms in total. The minimum absolute atomic E-state index is 0.0347. The Morgan fingerprint density at radius 1 is 1.15 bits per heavy atom. The first kappa shape index (κ1) is 19.5. The second-order valence-corrected chi connectivity index (χ2v) is 8.18. The molecular weight excluding hydrogens is 392 g/mol. The molecule has 0 aliphatic carbocycles. The largest absolute Gasteiger partial charge is 0.497 e. The number of halogens is 1. The van der Waals surface area contributed by atoms with Gasteiger partial charge in [-0.25, -0.2) is 8.42 Å². The van der Waals surface area contributed by atoms with Gasteiger partial charge in [-0.1, -0.05) is 23.7 Å². The van der Waals surface area contributed by atoms with Gasteiger partial charge in [0, 0.05) is 24.2 Å².